The summed E-state index contributed by atoms with van der Waals surface area (Å²) in [6.45, 7) is 0. The van der Waals surface area contributed by atoms with Crippen LogP contribution in [0, 0.1) is 11.6 Å². The van der Waals surface area contributed by atoms with Crippen molar-refractivity contribution >= 4 is 12.1 Å². The highest BCUT2D eigenvalue weighted by Gasteiger charge is 2.09. The summed E-state index contributed by atoms with van der Waals surface area (Å²) < 4.78 is 30.2. The second-order valence-corrected chi connectivity index (χ2v) is 2.23. The van der Waals surface area contributed by atoms with Gasteiger partial charge in [0, 0.05) is 12.1 Å². The number of hydrogen-bond acceptors (Lipinski definition) is 2. The van der Waals surface area contributed by atoms with E-state index in [1.54, 1.807) is 0 Å². The van der Waals surface area contributed by atoms with Gasteiger partial charge >= 0.3 is 0 Å². The van der Waals surface area contributed by atoms with E-state index in [2.05, 4.69) is 10.1 Å². The Morgan fingerprint density at radius 1 is 1.38 bits per heavy atom. The van der Waals surface area contributed by atoms with E-state index in [9.17, 15) is 13.6 Å². The molecule has 1 aromatic rings. The Bertz CT molecular complexity index is 328. The standard InChI is InChI=1S/C8H7F2NO2/c1-13-8-3-7(11-4-12)5(9)2-6(8)10/h2-4H,1H3,(H,11,12). The van der Waals surface area contributed by atoms with E-state index in [-0.39, 0.29) is 11.4 Å². The van der Waals surface area contributed by atoms with E-state index in [0.29, 0.717) is 12.5 Å². The zero-order chi connectivity index (χ0) is 9.84. The third-order valence-corrected chi connectivity index (χ3v) is 1.46. The first kappa shape index (κ1) is 9.44. The molecule has 70 valence electrons. The molecule has 0 aliphatic rings. The predicted octanol–water partition coefficient (Wildman–Crippen LogP) is 1.54. The van der Waals surface area contributed by atoms with Gasteiger partial charge in [-0.3, -0.25) is 4.79 Å². The van der Waals surface area contributed by atoms with Crippen molar-refractivity contribution in [2.45, 2.75) is 0 Å². The van der Waals surface area contributed by atoms with Gasteiger partial charge in [-0.1, -0.05) is 0 Å². The lowest BCUT2D eigenvalue weighted by molar-refractivity contribution is -0.105. The average Bonchev–Trinajstić information content (AvgIpc) is 2.10. The smallest absolute Gasteiger partial charge is 0.211 e. The van der Waals surface area contributed by atoms with E-state index in [0.717, 1.165) is 6.07 Å². The van der Waals surface area contributed by atoms with Crippen LogP contribution in [-0.4, -0.2) is 13.5 Å². The van der Waals surface area contributed by atoms with Gasteiger partial charge in [-0.15, -0.1) is 0 Å². The number of halogens is 2. The maximum atomic E-state index is 12.8. The largest absolute Gasteiger partial charge is 0.494 e. The number of anilines is 1. The minimum Gasteiger partial charge on any atom is -0.494 e. The molecule has 5 heteroatoms. The second kappa shape index (κ2) is 3.84. The summed E-state index contributed by atoms with van der Waals surface area (Å²) in [5, 5.41) is 2.08. The van der Waals surface area contributed by atoms with Crippen molar-refractivity contribution in [3.63, 3.8) is 0 Å². The molecule has 1 rings (SSSR count). The van der Waals surface area contributed by atoms with E-state index in [1.165, 1.54) is 7.11 Å². The zero-order valence-corrected chi connectivity index (χ0v) is 6.80. The molecule has 0 aliphatic heterocycles. The first-order valence-electron chi connectivity index (χ1n) is 3.42. The van der Waals surface area contributed by atoms with Crippen LogP contribution in [0.1, 0.15) is 0 Å². The summed E-state index contributed by atoms with van der Waals surface area (Å²) in [5.74, 6) is -1.77. The fraction of sp³-hybridized carbons (Fsp3) is 0.125. The summed E-state index contributed by atoms with van der Waals surface area (Å²) >= 11 is 0. The van der Waals surface area contributed by atoms with Gasteiger partial charge in [0.25, 0.3) is 0 Å². The van der Waals surface area contributed by atoms with Gasteiger partial charge in [-0.2, -0.15) is 0 Å². The molecule has 0 radical (unpaired) electrons. The molecule has 0 heterocycles. The van der Waals surface area contributed by atoms with Crippen molar-refractivity contribution < 1.29 is 18.3 Å². The third-order valence-electron chi connectivity index (χ3n) is 1.46. The quantitative estimate of drug-likeness (QED) is 0.729. The number of benzene rings is 1. The normalized spacial score (nSPS) is 9.46. The van der Waals surface area contributed by atoms with Gasteiger partial charge < -0.3 is 10.1 Å². The van der Waals surface area contributed by atoms with E-state index in [4.69, 9.17) is 0 Å². The van der Waals surface area contributed by atoms with Gasteiger partial charge in [0.1, 0.15) is 5.82 Å². The SMILES string of the molecule is COc1cc(NC=O)c(F)cc1F. The minimum absolute atomic E-state index is 0.117. The van der Waals surface area contributed by atoms with Crippen LogP contribution >= 0.6 is 0 Å². The number of amides is 1. The fourth-order valence-electron chi connectivity index (χ4n) is 0.860. The van der Waals surface area contributed by atoms with Crippen molar-refractivity contribution in [1.82, 2.24) is 0 Å². The van der Waals surface area contributed by atoms with Crippen LogP contribution < -0.4 is 10.1 Å². The molecule has 0 bridgehead atoms. The Balaban J connectivity index is 3.13. The van der Waals surface area contributed by atoms with Crippen molar-refractivity contribution in [3.8, 4) is 5.75 Å². The highest BCUT2D eigenvalue weighted by molar-refractivity contribution is 5.72. The number of carbonyl (C=O) groups is 1. The molecule has 0 aromatic heterocycles. The molecule has 0 fully saturated rings. The van der Waals surface area contributed by atoms with Gasteiger partial charge in [0.05, 0.1) is 12.8 Å². The Hall–Kier alpha value is -1.65. The molecule has 13 heavy (non-hydrogen) atoms. The van der Waals surface area contributed by atoms with Gasteiger partial charge in [-0.05, 0) is 0 Å². The third kappa shape index (κ3) is 1.93. The number of nitrogens with one attached hydrogen (secondary N) is 1. The molecular formula is C8H7F2NO2. The minimum atomic E-state index is -0.842. The van der Waals surface area contributed by atoms with Crippen LogP contribution in [-0.2, 0) is 4.79 Å². The van der Waals surface area contributed by atoms with Crippen LogP contribution in [0.4, 0.5) is 14.5 Å². The fourth-order valence-corrected chi connectivity index (χ4v) is 0.860. The highest BCUT2D eigenvalue weighted by atomic mass is 19.1. The van der Waals surface area contributed by atoms with Crippen LogP contribution in [0.15, 0.2) is 12.1 Å². The number of methoxy groups -OCH3 is 1. The number of carbonyl (C=O) groups excluding carboxylic acids is 1. The van der Waals surface area contributed by atoms with Crippen LogP contribution in [0.3, 0.4) is 0 Å². The van der Waals surface area contributed by atoms with Crippen molar-refractivity contribution in [2.24, 2.45) is 0 Å². The van der Waals surface area contributed by atoms with E-state index >= 15 is 0 Å². The number of ether oxygens (including phenoxy) is 1. The number of rotatable bonds is 3. The topological polar surface area (TPSA) is 38.3 Å². The molecule has 0 unspecified atom stereocenters. The Morgan fingerprint density at radius 2 is 2.08 bits per heavy atom. The van der Waals surface area contributed by atoms with Crippen LogP contribution in [0.25, 0.3) is 0 Å². The van der Waals surface area contributed by atoms with Crippen molar-refractivity contribution in [2.75, 3.05) is 12.4 Å². The molecule has 3 nitrogen and oxygen atoms in total. The number of hydrogen-bond donors (Lipinski definition) is 1. The highest BCUT2D eigenvalue weighted by Crippen LogP contribution is 2.24. The average molecular weight is 187 g/mol. The lowest BCUT2D eigenvalue weighted by Gasteiger charge is -2.05. The van der Waals surface area contributed by atoms with Crippen LogP contribution in [0.2, 0.25) is 0 Å². The van der Waals surface area contributed by atoms with E-state index < -0.39 is 11.6 Å². The van der Waals surface area contributed by atoms with Gasteiger partial charge in [0.15, 0.2) is 11.6 Å². The first-order chi connectivity index (χ1) is 6.19. The van der Waals surface area contributed by atoms with Gasteiger partial charge in [-0.25, -0.2) is 8.78 Å². The molecule has 0 saturated carbocycles. The Labute approximate surface area is 73.3 Å². The molecule has 1 aromatic carbocycles. The second-order valence-electron chi connectivity index (χ2n) is 2.23. The summed E-state index contributed by atoms with van der Waals surface area (Å²) in [4.78, 5) is 10.00. The molecule has 1 N–H and O–H groups in total. The predicted molar refractivity (Wildman–Crippen MR) is 42.6 cm³/mol. The summed E-state index contributed by atoms with van der Waals surface area (Å²) in [6.07, 6.45) is 0.301. The maximum absolute atomic E-state index is 12.8. The maximum Gasteiger partial charge on any atom is 0.211 e. The lowest BCUT2D eigenvalue weighted by Crippen LogP contribution is -1.99. The Morgan fingerprint density at radius 3 is 2.62 bits per heavy atom. The zero-order valence-electron chi connectivity index (χ0n) is 6.80. The first-order valence-corrected chi connectivity index (χ1v) is 3.42. The molecule has 0 aliphatic carbocycles. The summed E-state index contributed by atoms with van der Waals surface area (Å²) in [6, 6.07) is 1.71. The molecule has 0 atom stereocenters. The van der Waals surface area contributed by atoms with Crippen molar-refractivity contribution in [3.05, 3.63) is 23.8 Å². The summed E-state index contributed by atoms with van der Waals surface area (Å²) in [7, 11) is 1.25. The molecular weight excluding hydrogens is 180 g/mol. The monoisotopic (exact) mass is 187 g/mol. The van der Waals surface area contributed by atoms with Gasteiger partial charge in [0.2, 0.25) is 6.41 Å². The van der Waals surface area contributed by atoms with Crippen LogP contribution in [0.5, 0.6) is 5.75 Å². The van der Waals surface area contributed by atoms with Crippen molar-refractivity contribution in [1.29, 1.82) is 0 Å². The van der Waals surface area contributed by atoms with E-state index in [1.807, 2.05) is 0 Å². The molecule has 1 amide bonds. The molecule has 0 spiro atoms. The Kier molecular flexibility index (Phi) is 2.79. The lowest BCUT2D eigenvalue weighted by atomic mass is 10.2. The molecule has 0 saturated heterocycles. The summed E-state index contributed by atoms with van der Waals surface area (Å²) in [5.41, 5.74) is -0.117.